The van der Waals surface area contributed by atoms with Gasteiger partial charge in [0, 0.05) is 23.5 Å². The van der Waals surface area contributed by atoms with Gasteiger partial charge in [-0.05, 0) is 44.0 Å². The number of amides is 1. The van der Waals surface area contributed by atoms with E-state index in [0.29, 0.717) is 23.3 Å². The van der Waals surface area contributed by atoms with Crippen molar-refractivity contribution in [2.75, 3.05) is 0 Å². The van der Waals surface area contributed by atoms with E-state index in [-0.39, 0.29) is 24.1 Å². The molecule has 1 N–H and O–H groups in total. The van der Waals surface area contributed by atoms with Crippen LogP contribution >= 0.6 is 0 Å². The van der Waals surface area contributed by atoms with Gasteiger partial charge in [-0.1, -0.05) is 30.3 Å². The number of nitrogens with one attached hydrogen (secondary N) is 1. The summed E-state index contributed by atoms with van der Waals surface area (Å²) < 4.78 is 3.76. The van der Waals surface area contributed by atoms with Gasteiger partial charge in [0.05, 0.1) is 16.6 Å². The number of carbonyl (C=O) groups is 1. The predicted octanol–water partition coefficient (Wildman–Crippen LogP) is 3.10. The Labute approximate surface area is 167 Å². The molecular weight excluding hydrogens is 364 g/mol. The van der Waals surface area contributed by atoms with Crippen molar-refractivity contribution in [1.29, 1.82) is 0 Å². The van der Waals surface area contributed by atoms with Gasteiger partial charge in [-0.15, -0.1) is 0 Å². The Morgan fingerprint density at radius 1 is 1.10 bits per heavy atom. The van der Waals surface area contributed by atoms with Gasteiger partial charge < -0.3 is 9.88 Å². The summed E-state index contributed by atoms with van der Waals surface area (Å²) in [6.45, 7) is 4.68. The van der Waals surface area contributed by atoms with Gasteiger partial charge >= 0.3 is 0 Å². The average Bonchev–Trinajstić information content (AvgIpc) is 3.02. The molecule has 1 aliphatic rings. The number of aromatic nitrogens is 3. The quantitative estimate of drug-likeness (QED) is 0.588. The Balaban J connectivity index is 1.80. The maximum atomic E-state index is 13.1. The van der Waals surface area contributed by atoms with Gasteiger partial charge in [0.25, 0.3) is 5.56 Å². The fourth-order valence-electron chi connectivity index (χ4n) is 4.34. The molecule has 4 aromatic rings. The second-order valence-electron chi connectivity index (χ2n) is 7.81. The number of nitrogens with zero attached hydrogens (tertiary/aromatic N) is 3. The third-order valence-electron chi connectivity index (χ3n) is 5.49. The standard InChI is InChI=1S/C23H22N4O2/c1-14(2)24-20(28)13-27-19-10-6-4-7-15(19)16-11-12-26-22(21(16)27)25-18-9-5-3-8-17(18)23(26)29/h3-10,14H,11-13H2,1-2H3,(H,24,28). The average molecular weight is 386 g/mol. The number of hydrogen-bond donors (Lipinski definition) is 1. The van der Waals surface area contributed by atoms with Crippen molar-refractivity contribution in [2.24, 2.45) is 0 Å². The zero-order valence-electron chi connectivity index (χ0n) is 16.5. The molecule has 0 fully saturated rings. The largest absolute Gasteiger partial charge is 0.352 e. The second kappa shape index (κ2) is 6.58. The molecule has 6 nitrogen and oxygen atoms in total. The van der Waals surface area contributed by atoms with Crippen molar-refractivity contribution in [3.63, 3.8) is 0 Å². The summed E-state index contributed by atoms with van der Waals surface area (Å²) in [5.74, 6) is 0.590. The summed E-state index contributed by atoms with van der Waals surface area (Å²) in [5, 5.41) is 4.71. The highest BCUT2D eigenvalue weighted by Crippen LogP contribution is 2.36. The number of para-hydroxylation sites is 2. The highest BCUT2D eigenvalue weighted by atomic mass is 16.2. The minimum atomic E-state index is -0.0520. The molecule has 0 spiro atoms. The van der Waals surface area contributed by atoms with Crippen LogP contribution in [0.2, 0.25) is 0 Å². The van der Waals surface area contributed by atoms with Crippen LogP contribution in [0.15, 0.2) is 53.3 Å². The first kappa shape index (κ1) is 17.7. The van der Waals surface area contributed by atoms with E-state index in [9.17, 15) is 9.59 Å². The molecule has 3 heterocycles. The van der Waals surface area contributed by atoms with Gasteiger partial charge in [0.15, 0.2) is 5.82 Å². The van der Waals surface area contributed by atoms with E-state index < -0.39 is 0 Å². The molecule has 0 unspecified atom stereocenters. The van der Waals surface area contributed by atoms with E-state index in [4.69, 9.17) is 4.98 Å². The first-order valence-electron chi connectivity index (χ1n) is 9.94. The van der Waals surface area contributed by atoms with Crippen LogP contribution in [0.1, 0.15) is 19.4 Å². The summed E-state index contributed by atoms with van der Waals surface area (Å²) >= 11 is 0. The maximum Gasteiger partial charge on any atom is 0.261 e. The number of benzene rings is 2. The maximum absolute atomic E-state index is 13.1. The third-order valence-corrected chi connectivity index (χ3v) is 5.49. The van der Waals surface area contributed by atoms with E-state index in [1.54, 1.807) is 4.57 Å². The number of fused-ring (bicyclic) bond motifs is 6. The topological polar surface area (TPSA) is 68.9 Å². The first-order chi connectivity index (χ1) is 14.0. The smallest absolute Gasteiger partial charge is 0.261 e. The fourth-order valence-corrected chi connectivity index (χ4v) is 4.34. The Kier molecular flexibility index (Phi) is 4.01. The van der Waals surface area contributed by atoms with E-state index in [1.165, 1.54) is 0 Å². The molecule has 0 radical (unpaired) electrons. The van der Waals surface area contributed by atoms with Crippen molar-refractivity contribution >= 4 is 27.7 Å². The fraction of sp³-hybridized carbons (Fsp3) is 0.261. The Bertz CT molecular complexity index is 1330. The van der Waals surface area contributed by atoms with Crippen LogP contribution in [0.25, 0.3) is 33.3 Å². The molecule has 6 heteroatoms. The molecule has 1 amide bonds. The van der Waals surface area contributed by atoms with Gasteiger partial charge in [-0.2, -0.15) is 0 Å². The van der Waals surface area contributed by atoms with Crippen LogP contribution in [0, 0.1) is 0 Å². The Morgan fingerprint density at radius 3 is 2.62 bits per heavy atom. The molecule has 146 valence electrons. The van der Waals surface area contributed by atoms with Crippen LogP contribution in [-0.2, 0) is 24.3 Å². The van der Waals surface area contributed by atoms with Crippen molar-refractivity contribution in [3.05, 3.63) is 64.4 Å². The van der Waals surface area contributed by atoms with E-state index >= 15 is 0 Å². The summed E-state index contributed by atoms with van der Waals surface area (Å²) in [4.78, 5) is 30.6. The normalized spacial score (nSPS) is 12.9. The lowest BCUT2D eigenvalue weighted by atomic mass is 10.0. The molecule has 1 aliphatic heterocycles. The van der Waals surface area contributed by atoms with E-state index in [2.05, 4.69) is 11.4 Å². The van der Waals surface area contributed by atoms with Gasteiger partial charge in [-0.3, -0.25) is 14.2 Å². The molecule has 2 aromatic carbocycles. The van der Waals surface area contributed by atoms with Gasteiger partial charge in [0.2, 0.25) is 5.91 Å². The van der Waals surface area contributed by atoms with Crippen LogP contribution in [-0.4, -0.2) is 26.1 Å². The van der Waals surface area contributed by atoms with Crippen molar-refractivity contribution in [1.82, 2.24) is 19.4 Å². The first-order valence-corrected chi connectivity index (χ1v) is 9.94. The zero-order chi connectivity index (χ0) is 20.1. The lowest BCUT2D eigenvalue weighted by Gasteiger charge is -2.21. The minimum absolute atomic E-state index is 0.0281. The molecule has 0 aliphatic carbocycles. The summed E-state index contributed by atoms with van der Waals surface area (Å²) in [6, 6.07) is 15.6. The third kappa shape index (κ3) is 2.75. The van der Waals surface area contributed by atoms with Gasteiger partial charge in [0.1, 0.15) is 6.54 Å². The zero-order valence-corrected chi connectivity index (χ0v) is 16.5. The second-order valence-corrected chi connectivity index (χ2v) is 7.81. The minimum Gasteiger partial charge on any atom is -0.352 e. The Hall–Kier alpha value is -3.41. The summed E-state index contributed by atoms with van der Waals surface area (Å²) in [7, 11) is 0. The van der Waals surface area contributed by atoms with E-state index in [0.717, 1.165) is 28.6 Å². The van der Waals surface area contributed by atoms with Crippen LogP contribution in [0.4, 0.5) is 0 Å². The number of hydrogen-bond acceptors (Lipinski definition) is 3. The van der Waals surface area contributed by atoms with Crippen LogP contribution in [0.3, 0.4) is 0 Å². The SMILES string of the molecule is CC(C)NC(=O)Cn1c2c(c3ccccc31)CCn1c-2nc2ccccc2c1=O. The molecule has 5 rings (SSSR count). The summed E-state index contributed by atoms with van der Waals surface area (Å²) in [6.07, 6.45) is 0.738. The predicted molar refractivity (Wildman–Crippen MR) is 114 cm³/mol. The molecule has 0 saturated carbocycles. The highest BCUT2D eigenvalue weighted by molar-refractivity contribution is 5.93. The van der Waals surface area contributed by atoms with Crippen molar-refractivity contribution < 1.29 is 4.79 Å². The van der Waals surface area contributed by atoms with Crippen molar-refractivity contribution in [3.8, 4) is 11.5 Å². The molecule has 2 aromatic heterocycles. The Morgan fingerprint density at radius 2 is 1.83 bits per heavy atom. The number of carbonyl (C=O) groups excluding carboxylic acids is 1. The molecule has 0 bridgehead atoms. The van der Waals surface area contributed by atoms with Crippen LogP contribution in [0.5, 0.6) is 0 Å². The lowest BCUT2D eigenvalue weighted by molar-refractivity contribution is -0.122. The monoisotopic (exact) mass is 386 g/mol. The van der Waals surface area contributed by atoms with Crippen LogP contribution < -0.4 is 10.9 Å². The lowest BCUT2D eigenvalue weighted by Crippen LogP contribution is -2.34. The highest BCUT2D eigenvalue weighted by Gasteiger charge is 2.27. The number of aryl methyl sites for hydroxylation is 1. The molecule has 0 saturated heterocycles. The number of rotatable bonds is 3. The summed E-state index contributed by atoms with van der Waals surface area (Å²) in [5.41, 5.74) is 3.67. The van der Waals surface area contributed by atoms with Gasteiger partial charge in [-0.25, -0.2) is 4.98 Å². The molecular formula is C23H22N4O2. The molecule has 29 heavy (non-hydrogen) atoms. The van der Waals surface area contributed by atoms with Crippen molar-refractivity contribution in [2.45, 2.75) is 39.4 Å². The molecule has 0 atom stereocenters. The van der Waals surface area contributed by atoms with E-state index in [1.807, 2.05) is 60.9 Å².